The Morgan fingerprint density at radius 2 is 1.79 bits per heavy atom. The van der Waals surface area contributed by atoms with E-state index in [1.807, 2.05) is 0 Å². The number of alkyl halides is 3. The van der Waals surface area contributed by atoms with Crippen LogP contribution in [0.5, 0.6) is 0 Å². The van der Waals surface area contributed by atoms with Crippen molar-refractivity contribution in [1.82, 2.24) is 4.90 Å². The van der Waals surface area contributed by atoms with Crippen LogP contribution in [0.15, 0.2) is 11.8 Å². The van der Waals surface area contributed by atoms with Gasteiger partial charge in [0.25, 0.3) is 5.78 Å². The molecular weight excluding hydrogens is 263 g/mol. The predicted molar refractivity (Wildman–Crippen MR) is 61.2 cm³/mol. The molecule has 0 unspecified atom stereocenters. The van der Waals surface area contributed by atoms with Gasteiger partial charge in [-0.05, 0) is 26.2 Å². The summed E-state index contributed by atoms with van der Waals surface area (Å²) in [5.74, 6) is -3.38. The maximum atomic E-state index is 12.4. The van der Waals surface area contributed by atoms with Gasteiger partial charge in [-0.15, -0.1) is 0 Å². The van der Waals surface area contributed by atoms with Gasteiger partial charge in [0.1, 0.15) is 5.57 Å². The second-order valence-electron chi connectivity index (χ2n) is 4.19. The summed E-state index contributed by atoms with van der Waals surface area (Å²) >= 11 is 0. The van der Waals surface area contributed by atoms with Crippen molar-refractivity contribution >= 4 is 11.8 Å². The lowest BCUT2D eigenvalue weighted by molar-refractivity contribution is -0.168. The van der Waals surface area contributed by atoms with Crippen LogP contribution in [0.2, 0.25) is 0 Å². The first-order chi connectivity index (χ1) is 8.86. The zero-order valence-corrected chi connectivity index (χ0v) is 10.6. The van der Waals surface area contributed by atoms with Gasteiger partial charge >= 0.3 is 12.1 Å². The number of hydrogen-bond donors (Lipinski definition) is 0. The van der Waals surface area contributed by atoms with E-state index in [0.29, 0.717) is 13.1 Å². The molecule has 1 aliphatic heterocycles. The van der Waals surface area contributed by atoms with Crippen molar-refractivity contribution in [3.63, 3.8) is 0 Å². The molecule has 0 N–H and O–H groups in total. The minimum Gasteiger partial charge on any atom is -0.462 e. The number of ether oxygens (including phenoxy) is 1. The van der Waals surface area contributed by atoms with Crippen molar-refractivity contribution < 1.29 is 27.5 Å². The normalized spacial score (nSPS) is 17.3. The molecule has 1 heterocycles. The number of halogens is 3. The van der Waals surface area contributed by atoms with Crippen LogP contribution < -0.4 is 0 Å². The molecule has 1 aliphatic rings. The number of ketones is 1. The second kappa shape index (κ2) is 6.58. The third kappa shape index (κ3) is 4.57. The van der Waals surface area contributed by atoms with Crippen LogP contribution in [-0.2, 0) is 14.3 Å². The SMILES string of the molecule is CCOC(=O)/C(=C\N1CCCCC1)C(=O)C(F)(F)F. The maximum absolute atomic E-state index is 12.4. The van der Waals surface area contributed by atoms with Crippen molar-refractivity contribution in [3.8, 4) is 0 Å². The third-order valence-electron chi connectivity index (χ3n) is 2.70. The highest BCUT2D eigenvalue weighted by Gasteiger charge is 2.43. The highest BCUT2D eigenvalue weighted by Crippen LogP contribution is 2.22. The monoisotopic (exact) mass is 279 g/mol. The van der Waals surface area contributed by atoms with Crippen LogP contribution in [0.3, 0.4) is 0 Å². The molecule has 0 bridgehead atoms. The van der Waals surface area contributed by atoms with Gasteiger partial charge in [0.2, 0.25) is 0 Å². The van der Waals surface area contributed by atoms with Crippen LogP contribution >= 0.6 is 0 Å². The second-order valence-corrected chi connectivity index (χ2v) is 4.19. The van der Waals surface area contributed by atoms with E-state index >= 15 is 0 Å². The lowest BCUT2D eigenvalue weighted by Crippen LogP contribution is -2.33. The molecule has 1 fully saturated rings. The van der Waals surface area contributed by atoms with E-state index in [1.54, 1.807) is 4.90 Å². The summed E-state index contributed by atoms with van der Waals surface area (Å²) in [7, 11) is 0. The molecule has 0 aromatic carbocycles. The summed E-state index contributed by atoms with van der Waals surface area (Å²) < 4.78 is 41.8. The fourth-order valence-corrected chi connectivity index (χ4v) is 1.80. The minimum absolute atomic E-state index is 0.0820. The molecule has 4 nitrogen and oxygen atoms in total. The molecule has 0 radical (unpaired) electrons. The molecule has 19 heavy (non-hydrogen) atoms. The van der Waals surface area contributed by atoms with Gasteiger partial charge in [-0.25, -0.2) is 4.79 Å². The number of carbonyl (C=O) groups is 2. The zero-order chi connectivity index (χ0) is 14.5. The van der Waals surface area contributed by atoms with Gasteiger partial charge in [-0.3, -0.25) is 4.79 Å². The van der Waals surface area contributed by atoms with Crippen molar-refractivity contribution in [2.75, 3.05) is 19.7 Å². The number of nitrogens with zero attached hydrogens (tertiary/aromatic N) is 1. The number of carbonyl (C=O) groups excluding carboxylic acids is 2. The Kier molecular flexibility index (Phi) is 5.38. The Bertz CT molecular complexity index is 371. The standard InChI is InChI=1S/C12H16F3NO3/c1-2-19-11(18)9(10(17)12(13,14)15)8-16-6-4-3-5-7-16/h8H,2-7H2,1H3/b9-8-. The predicted octanol–water partition coefficient (Wildman–Crippen LogP) is 2.05. The maximum Gasteiger partial charge on any atom is 0.455 e. The van der Waals surface area contributed by atoms with Crippen molar-refractivity contribution in [3.05, 3.63) is 11.8 Å². The third-order valence-corrected chi connectivity index (χ3v) is 2.70. The molecule has 0 aliphatic carbocycles. The van der Waals surface area contributed by atoms with E-state index in [-0.39, 0.29) is 6.61 Å². The molecule has 0 spiro atoms. The summed E-state index contributed by atoms with van der Waals surface area (Å²) in [4.78, 5) is 24.3. The number of Topliss-reactive ketones (excluding diaryl/α,β-unsaturated/α-hetero) is 1. The van der Waals surface area contributed by atoms with Crippen molar-refractivity contribution in [1.29, 1.82) is 0 Å². The number of rotatable bonds is 4. The molecular formula is C12H16F3NO3. The van der Waals surface area contributed by atoms with E-state index < -0.39 is 23.5 Å². The molecule has 0 atom stereocenters. The lowest BCUT2D eigenvalue weighted by atomic mass is 10.1. The van der Waals surface area contributed by atoms with Crippen LogP contribution in [0.1, 0.15) is 26.2 Å². The Balaban J connectivity index is 2.94. The number of esters is 1. The van der Waals surface area contributed by atoms with Gasteiger partial charge in [-0.2, -0.15) is 13.2 Å². The van der Waals surface area contributed by atoms with Crippen molar-refractivity contribution in [2.24, 2.45) is 0 Å². The van der Waals surface area contributed by atoms with Gasteiger partial charge in [-0.1, -0.05) is 0 Å². The fourth-order valence-electron chi connectivity index (χ4n) is 1.80. The Hall–Kier alpha value is -1.53. The van der Waals surface area contributed by atoms with Crippen molar-refractivity contribution in [2.45, 2.75) is 32.4 Å². The molecule has 1 saturated heterocycles. The number of likely N-dealkylation sites (tertiary alicyclic amines) is 1. The highest BCUT2D eigenvalue weighted by molar-refractivity contribution is 6.19. The molecule has 0 amide bonds. The van der Waals surface area contributed by atoms with Gasteiger partial charge in [0.05, 0.1) is 6.61 Å². The molecule has 0 saturated carbocycles. The Morgan fingerprint density at radius 1 is 1.21 bits per heavy atom. The zero-order valence-electron chi connectivity index (χ0n) is 10.6. The summed E-state index contributed by atoms with van der Waals surface area (Å²) in [5.41, 5.74) is -0.948. The van der Waals surface area contributed by atoms with Gasteiger partial charge in [0.15, 0.2) is 0 Å². The highest BCUT2D eigenvalue weighted by atomic mass is 19.4. The Morgan fingerprint density at radius 3 is 2.26 bits per heavy atom. The molecule has 0 aromatic heterocycles. The first-order valence-corrected chi connectivity index (χ1v) is 6.10. The summed E-state index contributed by atoms with van der Waals surface area (Å²) in [5, 5.41) is 0. The van der Waals surface area contributed by atoms with E-state index in [9.17, 15) is 22.8 Å². The summed E-state index contributed by atoms with van der Waals surface area (Å²) in [6.45, 7) is 2.46. The fraction of sp³-hybridized carbons (Fsp3) is 0.667. The minimum atomic E-state index is -5.08. The molecule has 108 valence electrons. The molecule has 1 rings (SSSR count). The van der Waals surface area contributed by atoms with E-state index in [1.165, 1.54) is 6.92 Å². The van der Waals surface area contributed by atoms with Gasteiger partial charge in [0, 0.05) is 19.3 Å². The number of piperidine rings is 1. The van der Waals surface area contributed by atoms with E-state index in [0.717, 1.165) is 25.5 Å². The van der Waals surface area contributed by atoms with Gasteiger partial charge < -0.3 is 9.64 Å². The lowest BCUT2D eigenvalue weighted by Gasteiger charge is -2.25. The van der Waals surface area contributed by atoms with Crippen LogP contribution in [0.25, 0.3) is 0 Å². The Labute approximate surface area is 109 Å². The first-order valence-electron chi connectivity index (χ1n) is 6.10. The molecule has 0 aromatic rings. The average Bonchev–Trinajstić information content (AvgIpc) is 2.35. The topological polar surface area (TPSA) is 46.6 Å². The summed E-state index contributed by atoms with van der Waals surface area (Å²) in [6.07, 6.45) is -1.45. The number of hydrogen-bond acceptors (Lipinski definition) is 4. The van der Waals surface area contributed by atoms with E-state index in [4.69, 9.17) is 0 Å². The largest absolute Gasteiger partial charge is 0.462 e. The van der Waals surface area contributed by atoms with Crippen LogP contribution in [0, 0.1) is 0 Å². The van der Waals surface area contributed by atoms with Crippen LogP contribution in [-0.4, -0.2) is 42.5 Å². The smallest absolute Gasteiger partial charge is 0.455 e. The first kappa shape index (κ1) is 15.5. The average molecular weight is 279 g/mol. The van der Waals surface area contributed by atoms with E-state index in [2.05, 4.69) is 4.74 Å². The van der Waals surface area contributed by atoms with Crippen LogP contribution in [0.4, 0.5) is 13.2 Å². The quantitative estimate of drug-likeness (QED) is 0.342. The summed E-state index contributed by atoms with van der Waals surface area (Å²) in [6, 6.07) is 0. The molecule has 7 heteroatoms.